The molecule has 212 valence electrons. The van der Waals surface area contributed by atoms with Crippen molar-refractivity contribution in [2.24, 2.45) is 0 Å². The van der Waals surface area contributed by atoms with E-state index in [4.69, 9.17) is 14.2 Å². The SMILES string of the molecule is CCOc1ccc(NC(=O)N(CCCNC(=O)Nc2cccc(OC)c2)c2ccc(Oc3ccccc3)cc2)cc1. The van der Waals surface area contributed by atoms with E-state index < -0.39 is 0 Å². The second-order valence-corrected chi connectivity index (χ2v) is 8.91. The van der Waals surface area contributed by atoms with Gasteiger partial charge in [0.1, 0.15) is 23.0 Å². The number of hydrogen-bond donors (Lipinski definition) is 3. The second kappa shape index (κ2) is 14.8. The summed E-state index contributed by atoms with van der Waals surface area (Å²) in [6.07, 6.45) is 0.518. The maximum atomic E-state index is 13.4. The maximum absolute atomic E-state index is 13.4. The minimum Gasteiger partial charge on any atom is -0.497 e. The molecule has 4 rings (SSSR count). The van der Waals surface area contributed by atoms with Gasteiger partial charge in [-0.2, -0.15) is 0 Å². The van der Waals surface area contributed by atoms with Gasteiger partial charge in [-0.25, -0.2) is 9.59 Å². The number of rotatable bonds is 12. The van der Waals surface area contributed by atoms with E-state index in [1.54, 1.807) is 48.4 Å². The van der Waals surface area contributed by atoms with Gasteiger partial charge in [0.05, 0.1) is 13.7 Å². The number of amides is 4. The van der Waals surface area contributed by atoms with Crippen LogP contribution in [0.2, 0.25) is 0 Å². The molecule has 0 heterocycles. The fourth-order valence-electron chi connectivity index (χ4n) is 3.97. The van der Waals surface area contributed by atoms with Gasteiger partial charge < -0.3 is 30.2 Å². The highest BCUT2D eigenvalue weighted by Gasteiger charge is 2.16. The van der Waals surface area contributed by atoms with E-state index in [0.29, 0.717) is 54.7 Å². The molecule has 3 N–H and O–H groups in total. The molecule has 0 radical (unpaired) electrons. The topological polar surface area (TPSA) is 101 Å². The largest absolute Gasteiger partial charge is 0.497 e. The Morgan fingerprint density at radius 2 is 1.41 bits per heavy atom. The highest BCUT2D eigenvalue weighted by atomic mass is 16.5. The molecular weight excluding hydrogens is 520 g/mol. The Balaban J connectivity index is 1.39. The number of benzene rings is 4. The number of methoxy groups -OCH3 is 1. The molecule has 41 heavy (non-hydrogen) atoms. The van der Waals surface area contributed by atoms with Crippen LogP contribution >= 0.6 is 0 Å². The van der Waals surface area contributed by atoms with Crippen molar-refractivity contribution in [3.63, 3.8) is 0 Å². The Hall–Kier alpha value is -5.18. The van der Waals surface area contributed by atoms with Gasteiger partial charge in [0, 0.05) is 36.2 Å². The molecule has 0 aliphatic rings. The van der Waals surface area contributed by atoms with Gasteiger partial charge in [-0.05, 0) is 86.1 Å². The van der Waals surface area contributed by atoms with Crippen LogP contribution in [-0.4, -0.2) is 38.9 Å². The van der Waals surface area contributed by atoms with Gasteiger partial charge in [-0.3, -0.25) is 4.90 Å². The third kappa shape index (κ3) is 8.93. The van der Waals surface area contributed by atoms with Crippen LogP contribution in [0.5, 0.6) is 23.0 Å². The van der Waals surface area contributed by atoms with Crippen molar-refractivity contribution in [3.05, 3.63) is 103 Å². The van der Waals surface area contributed by atoms with Gasteiger partial charge in [0.15, 0.2) is 0 Å². The van der Waals surface area contributed by atoms with Crippen molar-refractivity contribution in [2.45, 2.75) is 13.3 Å². The highest BCUT2D eigenvalue weighted by molar-refractivity contribution is 6.01. The molecule has 0 aliphatic heterocycles. The first-order valence-electron chi connectivity index (χ1n) is 13.4. The summed E-state index contributed by atoms with van der Waals surface area (Å²) in [6.45, 7) is 3.20. The van der Waals surface area contributed by atoms with Crippen molar-refractivity contribution in [2.75, 3.05) is 42.3 Å². The van der Waals surface area contributed by atoms with E-state index in [2.05, 4.69) is 16.0 Å². The molecule has 4 amide bonds. The third-order valence-corrected chi connectivity index (χ3v) is 5.96. The first kappa shape index (κ1) is 28.8. The number of nitrogens with one attached hydrogen (secondary N) is 3. The predicted octanol–water partition coefficient (Wildman–Crippen LogP) is 7.14. The molecule has 4 aromatic rings. The highest BCUT2D eigenvalue weighted by Crippen LogP contribution is 2.25. The lowest BCUT2D eigenvalue weighted by Gasteiger charge is -2.24. The number of hydrogen-bond acceptors (Lipinski definition) is 5. The summed E-state index contributed by atoms with van der Waals surface area (Å²) in [5, 5.41) is 8.57. The summed E-state index contributed by atoms with van der Waals surface area (Å²) in [6, 6.07) is 30.5. The number of carbonyl (C=O) groups excluding carboxylic acids is 2. The molecule has 0 saturated heterocycles. The minimum absolute atomic E-state index is 0.299. The average Bonchev–Trinajstić information content (AvgIpc) is 2.99. The van der Waals surface area contributed by atoms with Gasteiger partial charge >= 0.3 is 12.1 Å². The first-order chi connectivity index (χ1) is 20.0. The molecule has 0 unspecified atom stereocenters. The van der Waals surface area contributed by atoms with E-state index in [0.717, 1.165) is 11.5 Å². The molecular formula is C32H34N4O5. The number of nitrogens with zero attached hydrogens (tertiary/aromatic N) is 1. The molecule has 9 nitrogen and oxygen atoms in total. The quantitative estimate of drug-likeness (QED) is 0.162. The molecule has 0 aromatic heterocycles. The van der Waals surface area contributed by atoms with Crippen LogP contribution < -0.4 is 35.1 Å². The lowest BCUT2D eigenvalue weighted by Crippen LogP contribution is -2.38. The zero-order valence-corrected chi connectivity index (χ0v) is 23.1. The van der Waals surface area contributed by atoms with Crippen molar-refractivity contribution in [1.29, 1.82) is 0 Å². The van der Waals surface area contributed by atoms with E-state index in [1.807, 2.05) is 73.7 Å². The zero-order chi connectivity index (χ0) is 28.9. The Bertz CT molecular complexity index is 1400. The minimum atomic E-state index is -0.342. The van der Waals surface area contributed by atoms with Crippen LogP contribution in [0.25, 0.3) is 0 Å². The first-order valence-corrected chi connectivity index (χ1v) is 13.4. The van der Waals surface area contributed by atoms with Crippen LogP contribution in [0, 0.1) is 0 Å². The Labute approximate surface area is 240 Å². The molecule has 0 aliphatic carbocycles. The van der Waals surface area contributed by atoms with Gasteiger partial charge in [0.2, 0.25) is 0 Å². The van der Waals surface area contributed by atoms with Gasteiger partial charge in [-0.1, -0.05) is 24.3 Å². The lowest BCUT2D eigenvalue weighted by molar-refractivity contribution is 0.252. The predicted molar refractivity (Wildman–Crippen MR) is 162 cm³/mol. The molecule has 0 fully saturated rings. The van der Waals surface area contributed by atoms with E-state index in [1.165, 1.54) is 0 Å². The number of para-hydroxylation sites is 1. The van der Waals surface area contributed by atoms with Crippen LogP contribution in [0.15, 0.2) is 103 Å². The van der Waals surface area contributed by atoms with E-state index >= 15 is 0 Å². The third-order valence-electron chi connectivity index (χ3n) is 5.96. The fourth-order valence-corrected chi connectivity index (χ4v) is 3.97. The van der Waals surface area contributed by atoms with E-state index in [-0.39, 0.29) is 12.1 Å². The number of anilines is 3. The van der Waals surface area contributed by atoms with Crippen LogP contribution in [0.4, 0.5) is 26.7 Å². The summed E-state index contributed by atoms with van der Waals surface area (Å²) in [4.78, 5) is 27.4. The lowest BCUT2D eigenvalue weighted by atomic mass is 10.2. The Kier molecular flexibility index (Phi) is 10.4. The average molecular weight is 555 g/mol. The van der Waals surface area contributed by atoms with Crippen LogP contribution in [0.1, 0.15) is 13.3 Å². The molecule has 0 spiro atoms. The summed E-state index contributed by atoms with van der Waals surface area (Å²) in [5.41, 5.74) is 1.95. The smallest absolute Gasteiger partial charge is 0.326 e. The molecule has 9 heteroatoms. The maximum Gasteiger partial charge on any atom is 0.326 e. The normalized spacial score (nSPS) is 10.3. The van der Waals surface area contributed by atoms with Crippen molar-refractivity contribution >= 4 is 29.1 Å². The van der Waals surface area contributed by atoms with Crippen molar-refractivity contribution in [1.82, 2.24) is 5.32 Å². The van der Waals surface area contributed by atoms with Gasteiger partial charge in [0.25, 0.3) is 0 Å². The molecule has 0 atom stereocenters. The molecule has 4 aromatic carbocycles. The van der Waals surface area contributed by atoms with Crippen LogP contribution in [-0.2, 0) is 0 Å². The number of urea groups is 2. The second-order valence-electron chi connectivity index (χ2n) is 8.91. The molecule has 0 saturated carbocycles. The van der Waals surface area contributed by atoms with Gasteiger partial charge in [-0.15, -0.1) is 0 Å². The van der Waals surface area contributed by atoms with Crippen molar-refractivity contribution in [3.8, 4) is 23.0 Å². The number of ether oxygens (including phenoxy) is 3. The summed E-state index contributed by atoms with van der Waals surface area (Å²) < 4.78 is 16.6. The summed E-state index contributed by atoms with van der Waals surface area (Å²) in [7, 11) is 1.57. The standard InChI is InChI=1S/C32H34N4O5/c1-3-40-27-17-13-24(14-18-27)35-32(38)36(26-15-19-29(20-16-26)41-28-10-5-4-6-11-28)22-8-21-33-31(37)34-25-9-7-12-30(23-25)39-2/h4-7,9-20,23H,3,8,21-22H2,1-2H3,(H,35,38)(H2,33,34,37). The van der Waals surface area contributed by atoms with Crippen LogP contribution in [0.3, 0.4) is 0 Å². The summed E-state index contributed by atoms with van der Waals surface area (Å²) >= 11 is 0. The Morgan fingerprint density at radius 1 is 0.732 bits per heavy atom. The van der Waals surface area contributed by atoms with E-state index in [9.17, 15) is 9.59 Å². The monoisotopic (exact) mass is 554 g/mol. The molecule has 0 bridgehead atoms. The zero-order valence-electron chi connectivity index (χ0n) is 23.1. The fraction of sp³-hybridized carbons (Fsp3) is 0.188. The Morgan fingerprint density at radius 3 is 2.12 bits per heavy atom. The summed E-state index contributed by atoms with van der Waals surface area (Å²) in [5.74, 6) is 2.76. The van der Waals surface area contributed by atoms with Crippen molar-refractivity contribution < 1.29 is 23.8 Å². The number of carbonyl (C=O) groups is 2.